The highest BCUT2D eigenvalue weighted by molar-refractivity contribution is 5.71. The minimum atomic E-state index is -1.52. The molecule has 0 saturated heterocycles. The standard InChI is InChI=1S/C98H175NO8/c1-6-8-10-12-14-16-18-20-22-24-26-28-30-32-34-36-38-40-42-44-46-48-50-52-54-56-58-60-62-64-66-68-70-72-74-76-78-80-82-84-86-88-95(100)105-92-94(93-106-98(97(102)103)104-91-90-99(3,4)5)107-96(101)89-87-85-83-81-79-77-75-73-71-69-67-65-63-61-59-57-55-53-51-49-47-45-43-41-39-37-35-33-31-29-27-25-23-21-19-17-15-13-11-9-7-2/h9,11,15,17,21,23,27,29,33,35,39,41,45,47,51,53,57,59,94,98H,6-8,10,12-14,16,18-20,22,24-26,28,30-32,34,36-38,40,42-44,46,48-50,52,54-56,58,60-93H2,1-5H3/p+1/b11-9-,17-15-,23-21-,29-27-,35-33-,41-39-,47-45-,53-51-,59-57-. The summed E-state index contributed by atoms with van der Waals surface area (Å²) in [6.07, 6.45) is 122. The van der Waals surface area contributed by atoms with Gasteiger partial charge in [0.15, 0.2) is 6.10 Å². The second-order valence-electron chi connectivity index (χ2n) is 32.2. The maximum Gasteiger partial charge on any atom is 0.361 e. The number of aliphatic carboxylic acids is 1. The van der Waals surface area contributed by atoms with Gasteiger partial charge in [0, 0.05) is 12.8 Å². The predicted molar refractivity (Wildman–Crippen MR) is 465 cm³/mol. The van der Waals surface area contributed by atoms with E-state index in [2.05, 4.69) is 123 Å². The van der Waals surface area contributed by atoms with Crippen molar-refractivity contribution in [1.29, 1.82) is 0 Å². The van der Waals surface area contributed by atoms with E-state index in [0.717, 1.165) is 103 Å². The first-order chi connectivity index (χ1) is 52.6. The molecule has 9 heteroatoms. The summed E-state index contributed by atoms with van der Waals surface area (Å²) in [5, 5.41) is 9.80. The number of carboxylic acids is 1. The van der Waals surface area contributed by atoms with Gasteiger partial charge in [-0.1, -0.05) is 451 Å². The smallest absolute Gasteiger partial charge is 0.361 e. The molecule has 107 heavy (non-hydrogen) atoms. The molecule has 0 aliphatic rings. The first kappa shape index (κ1) is 103. The van der Waals surface area contributed by atoms with Crippen LogP contribution in [0.25, 0.3) is 0 Å². The summed E-state index contributed by atoms with van der Waals surface area (Å²) in [4.78, 5) is 37.8. The summed E-state index contributed by atoms with van der Waals surface area (Å²) in [6, 6.07) is 0. The summed E-state index contributed by atoms with van der Waals surface area (Å²) in [5.41, 5.74) is 0. The van der Waals surface area contributed by atoms with E-state index in [9.17, 15) is 19.5 Å². The van der Waals surface area contributed by atoms with Crippen LogP contribution in [-0.2, 0) is 33.3 Å². The highest BCUT2D eigenvalue weighted by atomic mass is 16.7. The average Bonchev–Trinajstić information content (AvgIpc) is 0.965. The van der Waals surface area contributed by atoms with Crippen LogP contribution in [0.2, 0.25) is 0 Å². The van der Waals surface area contributed by atoms with Crippen LogP contribution in [0.5, 0.6) is 0 Å². The Morgan fingerprint density at radius 1 is 0.290 bits per heavy atom. The summed E-state index contributed by atoms with van der Waals surface area (Å²) >= 11 is 0. The molecule has 0 saturated carbocycles. The van der Waals surface area contributed by atoms with E-state index in [4.69, 9.17) is 18.9 Å². The fraction of sp³-hybridized carbons (Fsp3) is 0.786. The number of hydrogen-bond acceptors (Lipinski definition) is 7. The molecule has 0 bridgehead atoms. The maximum absolute atomic E-state index is 13.0. The van der Waals surface area contributed by atoms with Gasteiger partial charge in [0.1, 0.15) is 13.2 Å². The molecule has 0 heterocycles. The zero-order valence-corrected chi connectivity index (χ0v) is 71.3. The van der Waals surface area contributed by atoms with Gasteiger partial charge in [-0.15, -0.1) is 0 Å². The molecule has 0 aliphatic carbocycles. The summed E-state index contributed by atoms with van der Waals surface area (Å²) in [6.45, 7) is 4.82. The fourth-order valence-corrected chi connectivity index (χ4v) is 13.6. The first-order valence-electron chi connectivity index (χ1n) is 46.1. The number of hydrogen-bond donors (Lipinski definition) is 1. The molecule has 0 aliphatic heterocycles. The van der Waals surface area contributed by atoms with Crippen LogP contribution in [-0.4, -0.2) is 87.4 Å². The number of carboxylic acid groups (broad SMARTS) is 1. The van der Waals surface area contributed by atoms with Crippen molar-refractivity contribution in [2.75, 3.05) is 47.5 Å². The number of rotatable bonds is 86. The van der Waals surface area contributed by atoms with Gasteiger partial charge in [-0.2, -0.15) is 0 Å². The van der Waals surface area contributed by atoms with Crippen LogP contribution in [0.3, 0.4) is 0 Å². The second kappa shape index (κ2) is 87.5. The Morgan fingerprint density at radius 2 is 0.533 bits per heavy atom. The minimum absolute atomic E-state index is 0.182. The molecule has 0 radical (unpaired) electrons. The van der Waals surface area contributed by atoms with Gasteiger partial charge in [0.2, 0.25) is 0 Å². The van der Waals surface area contributed by atoms with E-state index >= 15 is 0 Å². The molecule has 620 valence electrons. The lowest BCUT2D eigenvalue weighted by Crippen LogP contribution is -2.40. The largest absolute Gasteiger partial charge is 0.477 e. The minimum Gasteiger partial charge on any atom is -0.477 e. The Labute approximate surface area is 664 Å². The van der Waals surface area contributed by atoms with Crippen molar-refractivity contribution in [2.45, 2.75) is 450 Å². The van der Waals surface area contributed by atoms with E-state index in [-0.39, 0.29) is 32.2 Å². The van der Waals surface area contributed by atoms with Gasteiger partial charge in [-0.3, -0.25) is 9.59 Å². The van der Waals surface area contributed by atoms with Gasteiger partial charge in [-0.25, -0.2) is 4.79 Å². The molecule has 1 N–H and O–H groups in total. The topological polar surface area (TPSA) is 108 Å². The molecule has 0 rings (SSSR count). The second-order valence-corrected chi connectivity index (χ2v) is 32.2. The molecule has 9 nitrogen and oxygen atoms in total. The number of likely N-dealkylation sites (N-methyl/N-ethyl adjacent to an activating group) is 1. The quantitative estimate of drug-likeness (QED) is 0.0211. The van der Waals surface area contributed by atoms with E-state index in [0.29, 0.717) is 17.4 Å². The molecular formula is C98H176NO8+. The number of carbonyl (C=O) groups is 3. The molecule has 0 spiro atoms. The lowest BCUT2D eigenvalue weighted by atomic mass is 10.0. The van der Waals surface area contributed by atoms with Crippen molar-refractivity contribution in [3.05, 3.63) is 109 Å². The molecule has 0 aromatic heterocycles. The SMILES string of the molecule is CC/C=C\C/C=C\C/C=C\C/C=C\C/C=C\C/C=C\C/C=C\C/C=C\C/C=C\CCCCCCCCCCCCCCCC(=O)OC(COC(=O)CCCCCCCCCCCCCCCCCCCCCCCCCCCCCCCCCCCCCCCCCCC)COC(OCC[N+](C)(C)C)C(=O)O. The Kier molecular flexibility index (Phi) is 84.2. The Balaban J connectivity index is 3.94. The van der Waals surface area contributed by atoms with Crippen molar-refractivity contribution in [3.8, 4) is 0 Å². The third-order valence-electron chi connectivity index (χ3n) is 20.5. The van der Waals surface area contributed by atoms with Crippen LogP contribution in [0.4, 0.5) is 0 Å². The predicted octanol–water partition coefficient (Wildman–Crippen LogP) is 30.4. The number of ether oxygens (including phenoxy) is 4. The normalized spacial score (nSPS) is 13.1. The fourth-order valence-electron chi connectivity index (χ4n) is 13.6. The average molecular weight is 1500 g/mol. The van der Waals surface area contributed by atoms with Gasteiger partial charge in [-0.05, 0) is 83.5 Å². The number of allylic oxidation sites excluding steroid dienone is 18. The van der Waals surface area contributed by atoms with Crippen molar-refractivity contribution in [3.63, 3.8) is 0 Å². The molecule has 2 unspecified atom stereocenters. The van der Waals surface area contributed by atoms with Gasteiger partial charge in [0.25, 0.3) is 6.29 Å². The summed E-state index contributed by atoms with van der Waals surface area (Å²) in [7, 11) is 6.00. The molecule has 2 atom stereocenters. The van der Waals surface area contributed by atoms with Crippen LogP contribution in [0.1, 0.15) is 438 Å². The molecule has 0 fully saturated rings. The zero-order valence-electron chi connectivity index (χ0n) is 71.3. The van der Waals surface area contributed by atoms with Gasteiger partial charge in [0.05, 0.1) is 34.4 Å². The van der Waals surface area contributed by atoms with E-state index in [1.54, 1.807) is 0 Å². The van der Waals surface area contributed by atoms with Crippen LogP contribution in [0.15, 0.2) is 109 Å². The van der Waals surface area contributed by atoms with Crippen molar-refractivity contribution < 1.29 is 42.9 Å². The number of esters is 2. The maximum atomic E-state index is 13.0. The zero-order chi connectivity index (χ0) is 77.4. The Morgan fingerprint density at radius 3 is 0.794 bits per heavy atom. The van der Waals surface area contributed by atoms with Gasteiger partial charge >= 0.3 is 17.9 Å². The lowest BCUT2D eigenvalue weighted by molar-refractivity contribution is -0.870. The van der Waals surface area contributed by atoms with Crippen molar-refractivity contribution in [2.24, 2.45) is 0 Å². The Bertz CT molecular complexity index is 2140. The molecular weight excluding hydrogens is 1320 g/mol. The number of unbranched alkanes of at least 4 members (excludes halogenated alkanes) is 53. The van der Waals surface area contributed by atoms with E-state index in [1.807, 2.05) is 21.1 Å². The number of carbonyl (C=O) groups excluding carboxylic acids is 2. The van der Waals surface area contributed by atoms with Crippen LogP contribution < -0.4 is 0 Å². The first-order valence-corrected chi connectivity index (χ1v) is 46.1. The molecule has 0 aromatic rings. The molecule has 0 aromatic carbocycles. The Hall–Kier alpha value is -4.05. The van der Waals surface area contributed by atoms with E-state index in [1.165, 1.54) is 308 Å². The van der Waals surface area contributed by atoms with Crippen LogP contribution in [0, 0.1) is 0 Å². The van der Waals surface area contributed by atoms with Crippen molar-refractivity contribution >= 4 is 17.9 Å². The number of nitrogens with zero attached hydrogens (tertiary/aromatic N) is 1. The monoisotopic (exact) mass is 1500 g/mol. The third kappa shape index (κ3) is 89.0. The van der Waals surface area contributed by atoms with Crippen molar-refractivity contribution in [1.82, 2.24) is 0 Å². The summed E-state index contributed by atoms with van der Waals surface area (Å²) in [5.74, 6) is -1.99. The number of quaternary nitrogens is 1. The lowest BCUT2D eigenvalue weighted by Gasteiger charge is -2.25. The molecule has 0 amide bonds. The van der Waals surface area contributed by atoms with Crippen LogP contribution >= 0.6 is 0 Å². The van der Waals surface area contributed by atoms with E-state index < -0.39 is 24.3 Å². The highest BCUT2D eigenvalue weighted by Gasteiger charge is 2.25. The third-order valence-corrected chi connectivity index (χ3v) is 20.5. The summed E-state index contributed by atoms with van der Waals surface area (Å²) < 4.78 is 23.1. The highest BCUT2D eigenvalue weighted by Crippen LogP contribution is 2.21. The van der Waals surface area contributed by atoms with Gasteiger partial charge < -0.3 is 28.5 Å².